The second kappa shape index (κ2) is 10.6. The molecule has 0 spiro atoms. The lowest BCUT2D eigenvalue weighted by atomic mass is 10.2. The topological polar surface area (TPSA) is 83.4 Å². The van der Waals surface area contributed by atoms with Crippen molar-refractivity contribution >= 4 is 28.9 Å². The van der Waals surface area contributed by atoms with Gasteiger partial charge in [0.05, 0.1) is 11.6 Å². The summed E-state index contributed by atoms with van der Waals surface area (Å²) in [6, 6.07) is 25.1. The zero-order valence-electron chi connectivity index (χ0n) is 16.0. The summed E-state index contributed by atoms with van der Waals surface area (Å²) in [5.41, 5.74) is 1.52. The van der Waals surface area contributed by atoms with Crippen LogP contribution in [-0.4, -0.2) is 24.2 Å². The van der Waals surface area contributed by atoms with E-state index in [0.717, 1.165) is 5.75 Å². The molecule has 3 rings (SSSR count). The van der Waals surface area contributed by atoms with E-state index in [9.17, 15) is 4.79 Å². The fourth-order valence-corrected chi connectivity index (χ4v) is 2.78. The van der Waals surface area contributed by atoms with Crippen LogP contribution in [0.3, 0.4) is 0 Å². The fourth-order valence-electron chi connectivity index (χ4n) is 2.57. The van der Waals surface area contributed by atoms with Gasteiger partial charge in [0.2, 0.25) is 0 Å². The zero-order valence-corrected chi connectivity index (χ0v) is 16.8. The van der Waals surface area contributed by atoms with Crippen molar-refractivity contribution in [1.82, 2.24) is 5.32 Å². The molecule has 0 bridgehead atoms. The van der Waals surface area contributed by atoms with Gasteiger partial charge in [0, 0.05) is 11.3 Å². The summed E-state index contributed by atoms with van der Waals surface area (Å²) in [5, 5.41) is 14.6. The third-order valence-electron chi connectivity index (χ3n) is 3.94. The minimum absolute atomic E-state index is 0.137. The van der Waals surface area contributed by atoms with Gasteiger partial charge >= 0.3 is 0 Å². The molecule has 0 aliphatic heterocycles. The number of benzene rings is 3. The van der Waals surface area contributed by atoms with Crippen LogP contribution in [0.1, 0.15) is 15.9 Å². The van der Waals surface area contributed by atoms with E-state index in [-0.39, 0.29) is 11.0 Å². The van der Waals surface area contributed by atoms with Crippen molar-refractivity contribution in [3.05, 3.63) is 90.0 Å². The highest BCUT2D eigenvalue weighted by atomic mass is 32.1. The van der Waals surface area contributed by atoms with E-state index in [0.29, 0.717) is 35.8 Å². The molecule has 0 saturated heterocycles. The van der Waals surface area contributed by atoms with Crippen molar-refractivity contribution in [3.8, 4) is 17.6 Å². The van der Waals surface area contributed by atoms with Crippen molar-refractivity contribution in [2.24, 2.45) is 0 Å². The molecule has 0 radical (unpaired) electrons. The lowest BCUT2D eigenvalue weighted by Crippen LogP contribution is -2.34. The number of nitriles is 1. The number of ether oxygens (including phenoxy) is 2. The molecular formula is C23H19N3O3S. The molecule has 6 nitrogen and oxygen atoms in total. The van der Waals surface area contributed by atoms with Crippen LogP contribution >= 0.6 is 12.2 Å². The molecule has 0 atom stereocenters. The Morgan fingerprint density at radius 3 is 2.37 bits per heavy atom. The average Bonchev–Trinajstić information content (AvgIpc) is 2.77. The highest BCUT2D eigenvalue weighted by Gasteiger charge is 2.09. The van der Waals surface area contributed by atoms with Gasteiger partial charge in [-0.15, -0.1) is 0 Å². The van der Waals surface area contributed by atoms with E-state index in [2.05, 4.69) is 16.7 Å². The number of amides is 1. The second-order valence-electron chi connectivity index (χ2n) is 6.14. The Balaban J connectivity index is 1.49. The van der Waals surface area contributed by atoms with Crippen molar-refractivity contribution in [2.75, 3.05) is 18.5 Å². The van der Waals surface area contributed by atoms with E-state index >= 15 is 0 Å². The normalized spacial score (nSPS) is 9.83. The molecule has 0 aromatic heterocycles. The number of carbonyl (C=O) groups is 1. The lowest BCUT2D eigenvalue weighted by Gasteiger charge is -2.11. The summed E-state index contributed by atoms with van der Waals surface area (Å²) in [4.78, 5) is 12.5. The summed E-state index contributed by atoms with van der Waals surface area (Å²) in [6.45, 7) is 0.728. The first-order valence-corrected chi connectivity index (χ1v) is 9.58. The molecule has 1 amide bonds. The number of nitrogens with zero attached hydrogens (tertiary/aromatic N) is 1. The zero-order chi connectivity index (χ0) is 21.2. The third kappa shape index (κ3) is 6.33. The number of anilines is 1. The van der Waals surface area contributed by atoms with Crippen molar-refractivity contribution < 1.29 is 14.3 Å². The largest absolute Gasteiger partial charge is 0.490 e. The maximum atomic E-state index is 12.5. The van der Waals surface area contributed by atoms with Crippen LogP contribution in [0.2, 0.25) is 0 Å². The van der Waals surface area contributed by atoms with E-state index in [4.69, 9.17) is 27.0 Å². The first-order chi connectivity index (χ1) is 14.6. The Kier molecular flexibility index (Phi) is 7.36. The molecule has 0 saturated carbocycles. The first-order valence-electron chi connectivity index (χ1n) is 9.17. The van der Waals surface area contributed by atoms with Crippen molar-refractivity contribution in [3.63, 3.8) is 0 Å². The summed E-state index contributed by atoms with van der Waals surface area (Å²) >= 11 is 5.18. The molecule has 0 fully saturated rings. The molecule has 0 heterocycles. The molecule has 0 aliphatic carbocycles. The number of thiocarbonyl (C=S) groups is 1. The van der Waals surface area contributed by atoms with Crippen LogP contribution in [0, 0.1) is 11.3 Å². The van der Waals surface area contributed by atoms with Gasteiger partial charge in [-0.3, -0.25) is 10.1 Å². The van der Waals surface area contributed by atoms with Gasteiger partial charge in [0.15, 0.2) is 5.11 Å². The number of hydrogen-bond acceptors (Lipinski definition) is 5. The summed E-state index contributed by atoms with van der Waals surface area (Å²) < 4.78 is 11.2. The van der Waals surface area contributed by atoms with Crippen LogP contribution in [-0.2, 0) is 0 Å². The third-order valence-corrected chi connectivity index (χ3v) is 4.14. The van der Waals surface area contributed by atoms with E-state index in [1.54, 1.807) is 48.5 Å². The number of carbonyl (C=O) groups excluding carboxylic acids is 1. The van der Waals surface area contributed by atoms with E-state index < -0.39 is 0 Å². The minimum Gasteiger partial charge on any atom is -0.490 e. The Morgan fingerprint density at radius 1 is 0.900 bits per heavy atom. The summed E-state index contributed by atoms with van der Waals surface area (Å²) in [6.07, 6.45) is 0. The fraction of sp³-hybridized carbons (Fsp3) is 0.0870. The van der Waals surface area contributed by atoms with Crippen LogP contribution in [0.15, 0.2) is 78.9 Å². The predicted molar refractivity (Wildman–Crippen MR) is 119 cm³/mol. The summed E-state index contributed by atoms with van der Waals surface area (Å²) in [7, 11) is 0. The lowest BCUT2D eigenvalue weighted by molar-refractivity contribution is 0.0977. The predicted octanol–water partition coefficient (Wildman–Crippen LogP) is 4.14. The maximum Gasteiger partial charge on any atom is 0.257 e. The number of nitrogens with one attached hydrogen (secondary N) is 2. The molecule has 2 N–H and O–H groups in total. The van der Waals surface area contributed by atoms with Gasteiger partial charge in [-0.25, -0.2) is 0 Å². The highest BCUT2D eigenvalue weighted by molar-refractivity contribution is 7.80. The monoisotopic (exact) mass is 417 g/mol. The highest BCUT2D eigenvalue weighted by Crippen LogP contribution is 2.14. The number of para-hydroxylation sites is 1. The van der Waals surface area contributed by atoms with Gasteiger partial charge in [0.25, 0.3) is 5.91 Å². The Morgan fingerprint density at radius 2 is 1.60 bits per heavy atom. The molecule has 150 valence electrons. The maximum absolute atomic E-state index is 12.5. The molecule has 0 unspecified atom stereocenters. The molecule has 3 aromatic rings. The van der Waals surface area contributed by atoms with Gasteiger partial charge in [-0.1, -0.05) is 30.3 Å². The quantitative estimate of drug-likeness (QED) is 0.444. The Labute approximate surface area is 180 Å². The minimum atomic E-state index is -0.366. The second-order valence-corrected chi connectivity index (χ2v) is 6.55. The van der Waals surface area contributed by atoms with Crippen LogP contribution in [0.4, 0.5) is 5.69 Å². The summed E-state index contributed by atoms with van der Waals surface area (Å²) in [5.74, 6) is 0.963. The molecule has 0 aliphatic rings. The number of hydrogen-bond donors (Lipinski definition) is 2. The van der Waals surface area contributed by atoms with Crippen LogP contribution in [0.25, 0.3) is 0 Å². The first kappa shape index (κ1) is 20.8. The van der Waals surface area contributed by atoms with Crippen molar-refractivity contribution in [1.29, 1.82) is 5.26 Å². The smallest absolute Gasteiger partial charge is 0.257 e. The van der Waals surface area contributed by atoms with E-state index in [1.165, 1.54) is 0 Å². The molecule has 3 aromatic carbocycles. The number of rotatable bonds is 7. The SMILES string of the molecule is N#Cc1cccc(NC(=S)NC(=O)c2cccc(OCCOc3ccccc3)c2)c1. The van der Waals surface area contributed by atoms with Gasteiger partial charge in [-0.05, 0) is 60.7 Å². The molecule has 30 heavy (non-hydrogen) atoms. The molecular weight excluding hydrogens is 398 g/mol. The average molecular weight is 417 g/mol. The van der Waals surface area contributed by atoms with Gasteiger partial charge in [0.1, 0.15) is 24.7 Å². The van der Waals surface area contributed by atoms with Gasteiger partial charge < -0.3 is 14.8 Å². The van der Waals surface area contributed by atoms with E-state index in [1.807, 2.05) is 30.3 Å². The molecule has 7 heteroatoms. The standard InChI is InChI=1S/C23H19N3O3S/c24-16-17-6-4-8-19(14-17)25-23(30)26-22(27)18-7-5-11-21(15-18)29-13-12-28-20-9-2-1-3-10-20/h1-11,14-15H,12-13H2,(H2,25,26,27,30). The van der Waals surface area contributed by atoms with Crippen LogP contribution in [0.5, 0.6) is 11.5 Å². The van der Waals surface area contributed by atoms with Crippen LogP contribution < -0.4 is 20.1 Å². The Bertz CT molecular complexity index is 1060. The Hall–Kier alpha value is -3.89. The van der Waals surface area contributed by atoms with Crippen molar-refractivity contribution in [2.45, 2.75) is 0 Å². The van der Waals surface area contributed by atoms with Gasteiger partial charge in [-0.2, -0.15) is 5.26 Å².